The first-order chi connectivity index (χ1) is 9.74. The second-order valence-electron chi connectivity index (χ2n) is 5.43. The van der Waals surface area contributed by atoms with Gasteiger partial charge in [0.2, 0.25) is 0 Å². The van der Waals surface area contributed by atoms with Gasteiger partial charge in [-0.3, -0.25) is 0 Å². The second kappa shape index (κ2) is 7.50. The van der Waals surface area contributed by atoms with Crippen LogP contribution in [-0.2, 0) is 6.54 Å². The summed E-state index contributed by atoms with van der Waals surface area (Å²) in [5.74, 6) is 2.45. The van der Waals surface area contributed by atoms with Gasteiger partial charge in [0.15, 0.2) is 11.5 Å². The summed E-state index contributed by atoms with van der Waals surface area (Å²) in [6.45, 7) is 6.94. The molecule has 0 radical (unpaired) electrons. The topological polar surface area (TPSA) is 33.7 Å². The highest BCUT2D eigenvalue weighted by molar-refractivity contribution is 5.46. The van der Waals surface area contributed by atoms with Crippen LogP contribution >= 0.6 is 0 Å². The Morgan fingerprint density at radius 3 is 2.90 bits per heavy atom. The van der Waals surface area contributed by atoms with E-state index in [1.54, 1.807) is 7.11 Å². The van der Waals surface area contributed by atoms with Crippen LogP contribution in [0.25, 0.3) is 0 Å². The molecule has 0 aliphatic carbocycles. The normalized spacial score (nSPS) is 19.2. The van der Waals surface area contributed by atoms with E-state index in [2.05, 4.69) is 23.3 Å². The maximum atomic E-state index is 5.60. The van der Waals surface area contributed by atoms with Crippen molar-refractivity contribution in [1.29, 1.82) is 0 Å². The van der Waals surface area contributed by atoms with Crippen LogP contribution in [0.2, 0.25) is 0 Å². The summed E-state index contributed by atoms with van der Waals surface area (Å²) in [7, 11) is 3.89. The van der Waals surface area contributed by atoms with Crippen molar-refractivity contribution in [2.45, 2.75) is 19.9 Å². The Bertz CT molecular complexity index is 423. The zero-order chi connectivity index (χ0) is 14.4. The molecule has 0 saturated carbocycles. The van der Waals surface area contributed by atoms with Gasteiger partial charge in [0.1, 0.15) is 0 Å². The minimum absolute atomic E-state index is 0.654. The number of likely N-dealkylation sites (tertiary alicyclic amines) is 1. The Labute approximate surface area is 122 Å². The predicted molar refractivity (Wildman–Crippen MR) is 81.5 cm³/mol. The number of hydrogen-bond acceptors (Lipinski definition) is 4. The van der Waals surface area contributed by atoms with Crippen LogP contribution in [-0.4, -0.2) is 45.3 Å². The van der Waals surface area contributed by atoms with Crippen LogP contribution in [0.1, 0.15) is 18.9 Å². The smallest absolute Gasteiger partial charge is 0.165 e. The Kier molecular flexibility index (Phi) is 5.68. The average Bonchev–Trinajstić information content (AvgIpc) is 2.85. The molecule has 4 nitrogen and oxygen atoms in total. The summed E-state index contributed by atoms with van der Waals surface area (Å²) in [6.07, 6.45) is 1.29. The standard InChI is InChI=1S/C16H26N2O2/c1-4-20-15-7-5-6-14(16(15)19-3)11-17-10-13-8-9-18(2)12-13/h5-7,13,17H,4,8-12H2,1-3H3. The largest absolute Gasteiger partial charge is 0.493 e. The van der Waals surface area contributed by atoms with E-state index in [4.69, 9.17) is 9.47 Å². The lowest BCUT2D eigenvalue weighted by molar-refractivity contribution is 0.308. The summed E-state index contributed by atoms with van der Waals surface area (Å²) < 4.78 is 11.1. The lowest BCUT2D eigenvalue weighted by atomic mass is 10.1. The number of nitrogens with zero attached hydrogens (tertiary/aromatic N) is 1. The maximum Gasteiger partial charge on any atom is 0.165 e. The van der Waals surface area contributed by atoms with Crippen LogP contribution in [0.5, 0.6) is 11.5 Å². The van der Waals surface area contributed by atoms with Gasteiger partial charge in [0.05, 0.1) is 13.7 Å². The van der Waals surface area contributed by atoms with Gasteiger partial charge < -0.3 is 19.7 Å². The van der Waals surface area contributed by atoms with Crippen molar-refractivity contribution in [1.82, 2.24) is 10.2 Å². The van der Waals surface area contributed by atoms with Crippen LogP contribution in [0, 0.1) is 5.92 Å². The highest BCUT2D eigenvalue weighted by Gasteiger charge is 2.19. The summed E-state index contributed by atoms with van der Waals surface area (Å²) in [6, 6.07) is 6.07. The molecule has 1 atom stereocenters. The van der Waals surface area contributed by atoms with Crippen molar-refractivity contribution in [2.24, 2.45) is 5.92 Å². The molecule has 4 heteroatoms. The number of para-hydroxylation sites is 1. The van der Waals surface area contributed by atoms with Gasteiger partial charge in [-0.05, 0) is 45.5 Å². The number of nitrogens with one attached hydrogen (secondary N) is 1. The average molecular weight is 278 g/mol. The molecule has 1 heterocycles. The molecule has 1 aliphatic heterocycles. The monoisotopic (exact) mass is 278 g/mol. The van der Waals surface area contributed by atoms with Crippen molar-refractivity contribution in [2.75, 3.05) is 40.4 Å². The molecular formula is C16H26N2O2. The van der Waals surface area contributed by atoms with Gasteiger partial charge in [-0.15, -0.1) is 0 Å². The molecule has 0 amide bonds. The third kappa shape index (κ3) is 3.87. The first-order valence-corrected chi connectivity index (χ1v) is 7.42. The van der Waals surface area contributed by atoms with Crippen molar-refractivity contribution in [3.05, 3.63) is 23.8 Å². The lowest BCUT2D eigenvalue weighted by Gasteiger charge is -2.15. The molecule has 1 saturated heterocycles. The third-order valence-corrected chi connectivity index (χ3v) is 3.80. The predicted octanol–water partition coefficient (Wildman–Crippen LogP) is 2.14. The molecule has 1 unspecified atom stereocenters. The van der Waals surface area contributed by atoms with E-state index in [1.807, 2.05) is 19.1 Å². The van der Waals surface area contributed by atoms with Crippen LogP contribution in [0.4, 0.5) is 0 Å². The molecule has 2 rings (SSSR count). The number of ether oxygens (including phenoxy) is 2. The molecule has 1 fully saturated rings. The zero-order valence-corrected chi connectivity index (χ0v) is 12.8. The summed E-state index contributed by atoms with van der Waals surface area (Å²) in [4.78, 5) is 2.39. The molecule has 0 spiro atoms. The van der Waals surface area contributed by atoms with E-state index in [0.29, 0.717) is 6.61 Å². The van der Waals surface area contributed by atoms with E-state index in [9.17, 15) is 0 Å². The fraction of sp³-hybridized carbons (Fsp3) is 0.625. The van der Waals surface area contributed by atoms with Crippen molar-refractivity contribution in [3.8, 4) is 11.5 Å². The molecule has 0 aromatic heterocycles. The summed E-state index contributed by atoms with van der Waals surface area (Å²) >= 11 is 0. The first-order valence-electron chi connectivity index (χ1n) is 7.42. The third-order valence-electron chi connectivity index (χ3n) is 3.80. The van der Waals surface area contributed by atoms with E-state index >= 15 is 0 Å². The van der Waals surface area contributed by atoms with Crippen LogP contribution < -0.4 is 14.8 Å². The Hall–Kier alpha value is -1.26. The fourth-order valence-electron chi connectivity index (χ4n) is 2.81. The Morgan fingerprint density at radius 1 is 1.40 bits per heavy atom. The number of hydrogen-bond donors (Lipinski definition) is 1. The van der Waals surface area contributed by atoms with Crippen LogP contribution in [0.3, 0.4) is 0 Å². The highest BCUT2D eigenvalue weighted by atomic mass is 16.5. The van der Waals surface area contributed by atoms with Crippen molar-refractivity contribution >= 4 is 0 Å². The molecule has 20 heavy (non-hydrogen) atoms. The zero-order valence-electron chi connectivity index (χ0n) is 12.8. The molecule has 1 aliphatic rings. The maximum absolute atomic E-state index is 5.60. The number of benzene rings is 1. The quantitative estimate of drug-likeness (QED) is 0.828. The van der Waals surface area contributed by atoms with Crippen molar-refractivity contribution < 1.29 is 9.47 Å². The van der Waals surface area contributed by atoms with Gasteiger partial charge in [-0.25, -0.2) is 0 Å². The molecule has 1 N–H and O–H groups in total. The minimum atomic E-state index is 0.654. The van der Waals surface area contributed by atoms with E-state index in [-0.39, 0.29) is 0 Å². The van der Waals surface area contributed by atoms with Gasteiger partial charge in [0.25, 0.3) is 0 Å². The fourth-order valence-corrected chi connectivity index (χ4v) is 2.81. The lowest BCUT2D eigenvalue weighted by Crippen LogP contribution is -2.24. The molecular weight excluding hydrogens is 252 g/mol. The van der Waals surface area contributed by atoms with Gasteiger partial charge in [-0.2, -0.15) is 0 Å². The van der Waals surface area contributed by atoms with Crippen LogP contribution in [0.15, 0.2) is 18.2 Å². The van der Waals surface area contributed by atoms with E-state index < -0.39 is 0 Å². The SMILES string of the molecule is CCOc1cccc(CNCC2CCN(C)C2)c1OC. The van der Waals surface area contributed by atoms with Gasteiger partial charge >= 0.3 is 0 Å². The first kappa shape index (κ1) is 15.1. The highest BCUT2D eigenvalue weighted by Crippen LogP contribution is 2.31. The summed E-state index contributed by atoms with van der Waals surface area (Å²) in [5, 5.41) is 3.55. The molecule has 0 bridgehead atoms. The molecule has 1 aromatic carbocycles. The van der Waals surface area contributed by atoms with Gasteiger partial charge in [-0.1, -0.05) is 12.1 Å². The summed E-state index contributed by atoms with van der Waals surface area (Å²) in [5.41, 5.74) is 1.16. The Morgan fingerprint density at radius 2 is 2.25 bits per heavy atom. The number of methoxy groups -OCH3 is 1. The van der Waals surface area contributed by atoms with E-state index in [1.165, 1.54) is 19.5 Å². The van der Waals surface area contributed by atoms with Crippen molar-refractivity contribution in [3.63, 3.8) is 0 Å². The molecule has 112 valence electrons. The second-order valence-corrected chi connectivity index (χ2v) is 5.43. The number of rotatable bonds is 7. The molecule has 1 aromatic rings. The van der Waals surface area contributed by atoms with Gasteiger partial charge in [0, 0.05) is 18.7 Å². The Balaban J connectivity index is 1.90. The van der Waals surface area contributed by atoms with E-state index in [0.717, 1.165) is 36.1 Å². The minimum Gasteiger partial charge on any atom is -0.493 e.